The summed E-state index contributed by atoms with van der Waals surface area (Å²) in [4.78, 5) is 9.45. The molecule has 1 aromatic rings. The van der Waals surface area contributed by atoms with Crippen molar-refractivity contribution in [2.24, 2.45) is 10.7 Å². The molecule has 0 saturated carbocycles. The maximum absolute atomic E-state index is 5.94. The number of benzene rings is 1. The molecule has 0 unspecified atom stereocenters. The minimum Gasteiger partial charge on any atom is -0.497 e. The zero-order chi connectivity index (χ0) is 17.2. The number of unbranched alkanes of at least 4 members (excludes halogenated alkanes) is 1. The number of methoxy groups -OCH3 is 1. The van der Waals surface area contributed by atoms with E-state index in [2.05, 4.69) is 27.0 Å². The Hall–Kier alpha value is -1.06. The number of hydrogen-bond acceptors (Lipinski definition) is 4. The van der Waals surface area contributed by atoms with Crippen LogP contribution in [0.2, 0.25) is 0 Å². The van der Waals surface area contributed by atoms with E-state index in [9.17, 15) is 0 Å². The fourth-order valence-electron chi connectivity index (χ4n) is 2.86. The van der Waals surface area contributed by atoms with Gasteiger partial charge in [0.1, 0.15) is 5.75 Å². The minimum atomic E-state index is 0. The molecule has 142 valence electrons. The summed E-state index contributed by atoms with van der Waals surface area (Å²) in [5.41, 5.74) is 6.83. The van der Waals surface area contributed by atoms with E-state index >= 15 is 0 Å². The number of likely N-dealkylation sites (N-methyl/N-ethyl adjacent to an activating group) is 1. The highest BCUT2D eigenvalue weighted by Gasteiger charge is 2.14. The van der Waals surface area contributed by atoms with Crippen molar-refractivity contribution in [1.82, 2.24) is 9.80 Å². The fourth-order valence-corrected chi connectivity index (χ4v) is 2.86. The third-order valence-electron chi connectivity index (χ3n) is 4.42. The average molecular weight is 461 g/mol. The Bertz CT molecular complexity index is 518. The van der Waals surface area contributed by atoms with Crippen LogP contribution in [0.15, 0.2) is 29.3 Å². The van der Waals surface area contributed by atoms with Gasteiger partial charge in [-0.15, -0.1) is 24.0 Å². The van der Waals surface area contributed by atoms with Crippen LogP contribution in [-0.2, 0) is 0 Å². The van der Waals surface area contributed by atoms with E-state index in [-0.39, 0.29) is 24.0 Å². The molecule has 2 rings (SSSR count). The van der Waals surface area contributed by atoms with Gasteiger partial charge in [0.05, 0.1) is 7.11 Å². The van der Waals surface area contributed by atoms with Crippen molar-refractivity contribution in [3.63, 3.8) is 0 Å². The summed E-state index contributed by atoms with van der Waals surface area (Å²) >= 11 is 0. The number of piperazine rings is 1. The Morgan fingerprint density at radius 2 is 1.92 bits per heavy atom. The maximum Gasteiger partial charge on any atom is 0.193 e. The molecule has 7 heteroatoms. The van der Waals surface area contributed by atoms with Crippen molar-refractivity contribution >= 4 is 35.6 Å². The quantitative estimate of drug-likeness (QED) is 0.270. The highest BCUT2D eigenvalue weighted by molar-refractivity contribution is 14.0. The Kier molecular flexibility index (Phi) is 10.8. The second-order valence-electron chi connectivity index (χ2n) is 6.11. The van der Waals surface area contributed by atoms with E-state index in [0.29, 0.717) is 5.96 Å². The Labute approximate surface area is 168 Å². The Balaban J connectivity index is 0.00000312. The molecule has 0 aromatic heterocycles. The fraction of sp³-hybridized carbons (Fsp3) is 0.611. The zero-order valence-electron chi connectivity index (χ0n) is 15.4. The monoisotopic (exact) mass is 461 g/mol. The van der Waals surface area contributed by atoms with E-state index in [1.807, 2.05) is 24.3 Å². The van der Waals surface area contributed by atoms with Crippen molar-refractivity contribution in [3.05, 3.63) is 24.3 Å². The number of halogens is 1. The average Bonchev–Trinajstić information content (AvgIpc) is 2.62. The Morgan fingerprint density at radius 3 is 2.60 bits per heavy atom. The first-order chi connectivity index (χ1) is 11.7. The van der Waals surface area contributed by atoms with E-state index in [1.165, 1.54) is 39.1 Å². The largest absolute Gasteiger partial charge is 0.497 e. The SMILES string of the molecule is CCN1CCN(CCCCN=C(N)Nc2cccc(OC)c2)CC1.I. The molecule has 0 atom stereocenters. The first-order valence-corrected chi connectivity index (χ1v) is 8.87. The number of aliphatic imine (C=N–C) groups is 1. The van der Waals surface area contributed by atoms with Gasteiger partial charge in [-0.25, -0.2) is 0 Å². The van der Waals surface area contributed by atoms with Gasteiger partial charge >= 0.3 is 0 Å². The molecule has 0 bridgehead atoms. The smallest absolute Gasteiger partial charge is 0.193 e. The van der Waals surface area contributed by atoms with E-state index in [4.69, 9.17) is 10.5 Å². The van der Waals surface area contributed by atoms with Gasteiger partial charge in [0, 0.05) is 44.5 Å². The van der Waals surface area contributed by atoms with Crippen molar-refractivity contribution in [2.45, 2.75) is 19.8 Å². The van der Waals surface area contributed by atoms with Gasteiger partial charge in [-0.1, -0.05) is 13.0 Å². The molecule has 0 radical (unpaired) electrons. The van der Waals surface area contributed by atoms with Crippen LogP contribution >= 0.6 is 24.0 Å². The molecular formula is C18H32IN5O. The molecule has 0 amide bonds. The third kappa shape index (κ3) is 8.24. The molecule has 3 N–H and O–H groups in total. The number of hydrogen-bond donors (Lipinski definition) is 2. The highest BCUT2D eigenvalue weighted by atomic mass is 127. The zero-order valence-corrected chi connectivity index (χ0v) is 17.7. The number of nitrogens with one attached hydrogen (secondary N) is 1. The van der Waals surface area contributed by atoms with Gasteiger partial charge in [-0.05, 0) is 38.1 Å². The van der Waals surface area contributed by atoms with Crippen LogP contribution in [0.4, 0.5) is 5.69 Å². The maximum atomic E-state index is 5.94. The second-order valence-corrected chi connectivity index (χ2v) is 6.11. The van der Waals surface area contributed by atoms with Gasteiger partial charge in [-0.3, -0.25) is 4.99 Å². The molecule has 1 aliphatic heterocycles. The number of guanidine groups is 1. The normalized spacial score (nSPS) is 16.3. The number of ether oxygens (including phenoxy) is 1. The summed E-state index contributed by atoms with van der Waals surface area (Å²) in [6.07, 6.45) is 2.23. The van der Waals surface area contributed by atoms with Crippen LogP contribution in [0.25, 0.3) is 0 Å². The van der Waals surface area contributed by atoms with Crippen LogP contribution in [-0.4, -0.2) is 68.7 Å². The van der Waals surface area contributed by atoms with Gasteiger partial charge in [0.2, 0.25) is 0 Å². The topological polar surface area (TPSA) is 66.1 Å². The van der Waals surface area contributed by atoms with Gasteiger partial charge in [0.15, 0.2) is 5.96 Å². The molecular weight excluding hydrogens is 429 g/mol. The molecule has 1 heterocycles. The number of anilines is 1. The number of nitrogens with zero attached hydrogens (tertiary/aromatic N) is 3. The van der Waals surface area contributed by atoms with E-state index in [0.717, 1.165) is 30.9 Å². The first kappa shape index (κ1) is 22.0. The lowest BCUT2D eigenvalue weighted by Gasteiger charge is -2.33. The number of rotatable bonds is 8. The van der Waals surface area contributed by atoms with Gasteiger partial charge in [0.25, 0.3) is 0 Å². The van der Waals surface area contributed by atoms with Crippen molar-refractivity contribution < 1.29 is 4.74 Å². The summed E-state index contributed by atoms with van der Waals surface area (Å²) in [5.74, 6) is 1.26. The predicted octanol–water partition coefficient (Wildman–Crippen LogP) is 2.46. The molecule has 0 spiro atoms. The lowest BCUT2D eigenvalue weighted by molar-refractivity contribution is 0.136. The van der Waals surface area contributed by atoms with Crippen LogP contribution in [0.5, 0.6) is 5.75 Å². The Morgan fingerprint density at radius 1 is 1.20 bits per heavy atom. The lowest BCUT2D eigenvalue weighted by Crippen LogP contribution is -2.46. The molecule has 0 aliphatic carbocycles. The van der Waals surface area contributed by atoms with E-state index < -0.39 is 0 Å². The van der Waals surface area contributed by atoms with Crippen LogP contribution in [0, 0.1) is 0 Å². The van der Waals surface area contributed by atoms with Crippen LogP contribution in [0.1, 0.15) is 19.8 Å². The summed E-state index contributed by atoms with van der Waals surface area (Å²) in [5, 5.41) is 3.10. The van der Waals surface area contributed by atoms with Crippen molar-refractivity contribution in [1.29, 1.82) is 0 Å². The molecule has 1 aromatic carbocycles. The molecule has 25 heavy (non-hydrogen) atoms. The second kappa shape index (κ2) is 12.3. The molecule has 6 nitrogen and oxygen atoms in total. The summed E-state index contributed by atoms with van der Waals surface area (Å²) in [7, 11) is 1.65. The van der Waals surface area contributed by atoms with Crippen molar-refractivity contribution in [3.8, 4) is 5.75 Å². The molecule has 1 fully saturated rings. The van der Waals surface area contributed by atoms with Crippen molar-refractivity contribution in [2.75, 3.05) is 58.2 Å². The molecule has 1 saturated heterocycles. The third-order valence-corrected chi connectivity index (χ3v) is 4.42. The first-order valence-electron chi connectivity index (χ1n) is 8.87. The number of nitrogens with two attached hydrogens (primary N) is 1. The van der Waals surface area contributed by atoms with E-state index in [1.54, 1.807) is 7.11 Å². The van der Waals surface area contributed by atoms with Gasteiger partial charge in [-0.2, -0.15) is 0 Å². The summed E-state index contributed by atoms with van der Waals surface area (Å²) in [6.45, 7) is 10.1. The lowest BCUT2D eigenvalue weighted by atomic mass is 10.2. The predicted molar refractivity (Wildman–Crippen MR) is 116 cm³/mol. The summed E-state index contributed by atoms with van der Waals surface area (Å²) < 4.78 is 5.19. The highest BCUT2D eigenvalue weighted by Crippen LogP contribution is 2.16. The summed E-state index contributed by atoms with van der Waals surface area (Å²) in [6, 6.07) is 7.67. The standard InChI is InChI=1S/C18H31N5O.HI/c1-3-22-11-13-23(14-12-22)10-5-4-9-20-18(19)21-16-7-6-8-17(15-16)24-2;/h6-8,15H,3-5,9-14H2,1-2H3,(H3,19,20,21);1H. The van der Waals surface area contributed by atoms with Gasteiger partial charge < -0.3 is 25.6 Å². The van der Waals surface area contributed by atoms with Crippen LogP contribution in [0.3, 0.4) is 0 Å². The minimum absolute atomic E-state index is 0. The van der Waals surface area contributed by atoms with Crippen LogP contribution < -0.4 is 15.8 Å². The molecule has 1 aliphatic rings.